The molecule has 1 amide bonds. The molecule has 2 N–H and O–H groups in total. The van der Waals surface area contributed by atoms with Gasteiger partial charge in [0, 0.05) is 37.3 Å². The van der Waals surface area contributed by atoms with Gasteiger partial charge in [-0.05, 0) is 46.5 Å². The lowest BCUT2D eigenvalue weighted by Gasteiger charge is -2.20. The quantitative estimate of drug-likeness (QED) is 0.819. The van der Waals surface area contributed by atoms with Crippen LogP contribution in [0.2, 0.25) is 0 Å². The van der Waals surface area contributed by atoms with Gasteiger partial charge in [0.05, 0.1) is 0 Å². The molecule has 3 fully saturated rings. The first-order valence-electron chi connectivity index (χ1n) is 7.90. The van der Waals surface area contributed by atoms with Crippen LogP contribution in [0.1, 0.15) is 46.5 Å². The van der Waals surface area contributed by atoms with Gasteiger partial charge in [0.1, 0.15) is 5.60 Å². The first-order chi connectivity index (χ1) is 9.40. The Morgan fingerprint density at radius 2 is 1.95 bits per heavy atom. The van der Waals surface area contributed by atoms with E-state index in [4.69, 9.17) is 4.74 Å². The lowest BCUT2D eigenvalue weighted by molar-refractivity contribution is 0.0522. The molecule has 2 aliphatic carbocycles. The summed E-state index contributed by atoms with van der Waals surface area (Å²) in [6.07, 6.45) is 4.75. The summed E-state index contributed by atoms with van der Waals surface area (Å²) < 4.78 is 5.28. The molecular weight excluding hydrogens is 254 g/mol. The lowest BCUT2D eigenvalue weighted by atomic mass is 10.2. The fourth-order valence-electron chi connectivity index (χ4n) is 3.00. The van der Waals surface area contributed by atoms with E-state index in [0.29, 0.717) is 12.1 Å². The van der Waals surface area contributed by atoms with Crippen LogP contribution in [-0.4, -0.2) is 53.9 Å². The highest BCUT2D eigenvalue weighted by Gasteiger charge is 2.42. The molecule has 114 valence electrons. The van der Waals surface area contributed by atoms with Gasteiger partial charge in [-0.2, -0.15) is 0 Å². The molecule has 20 heavy (non-hydrogen) atoms. The van der Waals surface area contributed by atoms with Crippen LogP contribution < -0.4 is 10.6 Å². The zero-order valence-electron chi connectivity index (χ0n) is 12.8. The van der Waals surface area contributed by atoms with Crippen molar-refractivity contribution in [3.05, 3.63) is 0 Å². The fraction of sp³-hybridized carbons (Fsp3) is 0.933. The Kier molecular flexibility index (Phi) is 3.67. The summed E-state index contributed by atoms with van der Waals surface area (Å²) >= 11 is 0. The van der Waals surface area contributed by atoms with Crippen molar-refractivity contribution >= 4 is 6.09 Å². The van der Waals surface area contributed by atoms with Crippen molar-refractivity contribution in [2.75, 3.05) is 13.1 Å². The maximum absolute atomic E-state index is 11.7. The van der Waals surface area contributed by atoms with Crippen molar-refractivity contribution in [3.63, 3.8) is 0 Å². The average molecular weight is 281 g/mol. The molecule has 0 spiro atoms. The van der Waals surface area contributed by atoms with Crippen molar-refractivity contribution in [1.82, 2.24) is 15.5 Å². The number of carbonyl (C=O) groups excluding carboxylic acids is 1. The summed E-state index contributed by atoms with van der Waals surface area (Å²) in [5.41, 5.74) is -0.419. The number of amides is 1. The third kappa shape index (κ3) is 3.85. The van der Waals surface area contributed by atoms with Gasteiger partial charge in [0.2, 0.25) is 0 Å². The molecule has 3 unspecified atom stereocenters. The predicted molar refractivity (Wildman–Crippen MR) is 77.7 cm³/mol. The van der Waals surface area contributed by atoms with Crippen molar-refractivity contribution in [3.8, 4) is 0 Å². The smallest absolute Gasteiger partial charge is 0.407 e. The number of likely N-dealkylation sites (tertiary alicyclic amines) is 1. The molecule has 5 heteroatoms. The Morgan fingerprint density at radius 3 is 2.60 bits per heavy atom. The largest absolute Gasteiger partial charge is 0.444 e. The van der Waals surface area contributed by atoms with Crippen LogP contribution >= 0.6 is 0 Å². The highest BCUT2D eigenvalue weighted by molar-refractivity contribution is 5.68. The van der Waals surface area contributed by atoms with Crippen LogP contribution in [0.5, 0.6) is 0 Å². The second-order valence-corrected chi connectivity index (χ2v) is 7.47. The van der Waals surface area contributed by atoms with Gasteiger partial charge in [-0.1, -0.05) is 0 Å². The molecule has 3 atom stereocenters. The predicted octanol–water partition coefficient (Wildman–Crippen LogP) is 1.48. The molecule has 1 saturated heterocycles. The van der Waals surface area contributed by atoms with Crippen LogP contribution in [0.4, 0.5) is 4.79 Å². The van der Waals surface area contributed by atoms with Crippen molar-refractivity contribution < 1.29 is 9.53 Å². The van der Waals surface area contributed by atoms with E-state index < -0.39 is 5.60 Å². The molecule has 0 aromatic rings. The van der Waals surface area contributed by atoms with Crippen molar-refractivity contribution in [1.29, 1.82) is 0 Å². The van der Waals surface area contributed by atoms with Gasteiger partial charge in [-0.15, -0.1) is 0 Å². The lowest BCUT2D eigenvalue weighted by Crippen LogP contribution is -2.40. The molecular formula is C15H27N3O2. The highest BCUT2D eigenvalue weighted by Crippen LogP contribution is 2.31. The molecule has 2 saturated carbocycles. The average Bonchev–Trinajstić information content (AvgIpc) is 3.20. The minimum absolute atomic E-state index is 0.250. The van der Waals surface area contributed by atoms with Crippen LogP contribution in [0.3, 0.4) is 0 Å². The first-order valence-corrected chi connectivity index (χ1v) is 7.90. The van der Waals surface area contributed by atoms with E-state index in [0.717, 1.165) is 12.5 Å². The molecule has 5 nitrogen and oxygen atoms in total. The van der Waals surface area contributed by atoms with E-state index in [1.54, 1.807) is 0 Å². The minimum Gasteiger partial charge on any atom is -0.444 e. The van der Waals surface area contributed by atoms with Crippen molar-refractivity contribution in [2.45, 2.75) is 76.2 Å². The maximum Gasteiger partial charge on any atom is 0.407 e. The number of hydrogen-bond acceptors (Lipinski definition) is 4. The number of nitrogens with zero attached hydrogens (tertiary/aromatic N) is 1. The summed E-state index contributed by atoms with van der Waals surface area (Å²) in [7, 11) is 0. The van der Waals surface area contributed by atoms with Crippen molar-refractivity contribution in [2.24, 2.45) is 0 Å². The summed E-state index contributed by atoms with van der Waals surface area (Å²) in [5, 5.41) is 6.62. The van der Waals surface area contributed by atoms with E-state index in [1.807, 2.05) is 20.8 Å². The summed E-state index contributed by atoms with van der Waals surface area (Å²) in [6, 6.07) is 2.16. The van der Waals surface area contributed by atoms with Crippen LogP contribution in [0, 0.1) is 0 Å². The first kappa shape index (κ1) is 14.1. The zero-order valence-corrected chi connectivity index (χ0v) is 12.8. The van der Waals surface area contributed by atoms with Gasteiger partial charge < -0.3 is 15.4 Å². The zero-order chi connectivity index (χ0) is 14.3. The second-order valence-electron chi connectivity index (χ2n) is 7.47. The summed E-state index contributed by atoms with van der Waals surface area (Å²) in [5.74, 6) is 0. The third-order valence-electron chi connectivity index (χ3n) is 4.23. The number of rotatable bonds is 4. The van der Waals surface area contributed by atoms with E-state index in [1.165, 1.54) is 32.4 Å². The number of hydrogen-bond donors (Lipinski definition) is 2. The number of nitrogens with one attached hydrogen (secondary N) is 2. The summed E-state index contributed by atoms with van der Waals surface area (Å²) in [4.78, 5) is 14.3. The van der Waals surface area contributed by atoms with E-state index in [2.05, 4.69) is 15.5 Å². The van der Waals surface area contributed by atoms with Gasteiger partial charge in [0.15, 0.2) is 0 Å². The third-order valence-corrected chi connectivity index (χ3v) is 4.23. The Morgan fingerprint density at radius 1 is 1.20 bits per heavy atom. The Labute approximate surface area is 121 Å². The topological polar surface area (TPSA) is 53.6 Å². The summed E-state index contributed by atoms with van der Waals surface area (Å²) in [6.45, 7) is 8.08. The standard InChI is InChI=1S/C15H27N3O2/c1-15(2,3)20-14(19)17-13-8-12(13)16-10-6-7-18(9-10)11-4-5-11/h10-13,16H,4-9H2,1-3H3,(H,17,19). The number of alkyl carbamates (subject to hydrolysis) is 1. The monoisotopic (exact) mass is 281 g/mol. The second kappa shape index (κ2) is 5.19. The van der Waals surface area contributed by atoms with Crippen LogP contribution in [-0.2, 0) is 4.74 Å². The fourth-order valence-corrected chi connectivity index (χ4v) is 3.00. The number of ether oxygens (including phenoxy) is 1. The molecule has 1 heterocycles. The SMILES string of the molecule is CC(C)(C)OC(=O)NC1CC1NC1CCN(C2CC2)C1. The van der Waals surface area contributed by atoms with E-state index >= 15 is 0 Å². The highest BCUT2D eigenvalue weighted by atomic mass is 16.6. The van der Waals surface area contributed by atoms with E-state index in [9.17, 15) is 4.79 Å². The van der Waals surface area contributed by atoms with Gasteiger partial charge in [0.25, 0.3) is 0 Å². The van der Waals surface area contributed by atoms with E-state index in [-0.39, 0.29) is 12.1 Å². The van der Waals surface area contributed by atoms with Gasteiger partial charge in [-0.25, -0.2) is 4.79 Å². The van der Waals surface area contributed by atoms with Gasteiger partial charge >= 0.3 is 6.09 Å². The molecule has 0 aromatic carbocycles. The Hall–Kier alpha value is -0.810. The Balaban J connectivity index is 1.34. The number of carbonyl (C=O) groups is 1. The van der Waals surface area contributed by atoms with Crippen LogP contribution in [0.15, 0.2) is 0 Å². The maximum atomic E-state index is 11.7. The van der Waals surface area contributed by atoms with Crippen LogP contribution in [0.25, 0.3) is 0 Å². The molecule has 1 aliphatic heterocycles. The molecule has 3 rings (SSSR count). The Bertz CT molecular complexity index is 376. The van der Waals surface area contributed by atoms with Gasteiger partial charge in [-0.3, -0.25) is 4.90 Å². The molecule has 3 aliphatic rings. The normalized spacial score (nSPS) is 34.0. The molecule has 0 radical (unpaired) electrons. The molecule has 0 aromatic heterocycles. The minimum atomic E-state index is -0.419. The molecule has 0 bridgehead atoms.